The van der Waals surface area contributed by atoms with Crippen molar-refractivity contribution >= 4 is 17.7 Å². The Labute approximate surface area is 369 Å². The fraction of sp³-hybridized carbons (Fsp3) is 0.373. The van der Waals surface area contributed by atoms with Crippen molar-refractivity contribution in [2.75, 3.05) is 26.9 Å². The van der Waals surface area contributed by atoms with Crippen LogP contribution in [0.2, 0.25) is 0 Å². The van der Waals surface area contributed by atoms with E-state index in [0.717, 1.165) is 47.9 Å². The highest BCUT2D eigenvalue weighted by Gasteiger charge is 2.65. The third kappa shape index (κ3) is 10.2. The molecule has 12 heteroatoms. The highest BCUT2D eigenvalue weighted by atomic mass is 16.7. The molecule has 0 saturated heterocycles. The number of allylic oxidation sites excluding steroid dienone is 1. The van der Waals surface area contributed by atoms with E-state index in [9.17, 15) is 25.1 Å². The third-order valence-corrected chi connectivity index (χ3v) is 12.4. The van der Waals surface area contributed by atoms with Crippen molar-refractivity contribution in [3.63, 3.8) is 0 Å². The predicted molar refractivity (Wildman–Crippen MR) is 239 cm³/mol. The summed E-state index contributed by atoms with van der Waals surface area (Å²) < 4.78 is 20.2. The van der Waals surface area contributed by atoms with Crippen LogP contribution < -0.4 is 14.8 Å². The number of nitrogens with zero attached hydrogens (tertiary/aromatic N) is 3. The highest BCUT2D eigenvalue weighted by Crippen LogP contribution is 2.62. The van der Waals surface area contributed by atoms with Crippen molar-refractivity contribution in [2.45, 2.75) is 75.8 Å². The quantitative estimate of drug-likeness (QED) is 0.0477. The summed E-state index contributed by atoms with van der Waals surface area (Å²) in [6.45, 7) is 4.76. The van der Waals surface area contributed by atoms with Gasteiger partial charge in [-0.25, -0.2) is 4.79 Å². The number of carbonyl (C=O) groups is 2. The van der Waals surface area contributed by atoms with E-state index in [-0.39, 0.29) is 56.5 Å². The number of oxime groups is 1. The number of carbonyl (C=O) groups excluding carboxylic acids is 2. The largest absolute Gasteiger partial charge is 0.459 e. The summed E-state index contributed by atoms with van der Waals surface area (Å²) in [6, 6.07) is 32.7. The number of hydrogen-bond donors (Lipinski definition) is 3. The Hall–Kier alpha value is -6.26. The van der Waals surface area contributed by atoms with E-state index in [2.05, 4.69) is 24.0 Å². The summed E-state index contributed by atoms with van der Waals surface area (Å²) in [5.41, 5.74) is 5.08. The first-order valence-electron chi connectivity index (χ1n) is 21.8. The average molecular weight is 853 g/mol. The summed E-state index contributed by atoms with van der Waals surface area (Å²) in [6.07, 6.45) is 7.89. The molecule has 1 heterocycles. The van der Waals surface area contributed by atoms with Crippen LogP contribution in [0.4, 0.5) is 4.79 Å². The van der Waals surface area contributed by atoms with Crippen LogP contribution in [-0.4, -0.2) is 71.5 Å². The van der Waals surface area contributed by atoms with Gasteiger partial charge in [0.15, 0.2) is 0 Å². The summed E-state index contributed by atoms with van der Waals surface area (Å²) >= 11 is 0. The minimum absolute atomic E-state index is 0.0159. The lowest BCUT2D eigenvalue weighted by atomic mass is 9.55. The molecular formula is C51H56N4O8. The van der Waals surface area contributed by atoms with Gasteiger partial charge in [-0.05, 0) is 96.7 Å². The molecule has 0 spiro atoms. The van der Waals surface area contributed by atoms with Crippen molar-refractivity contribution in [1.82, 2.24) is 10.2 Å². The summed E-state index contributed by atoms with van der Waals surface area (Å²) in [7, 11) is 1.74. The predicted octanol–water partition coefficient (Wildman–Crippen LogP) is 8.45. The highest BCUT2D eigenvalue weighted by molar-refractivity contribution is 6.03. The molecule has 3 N–H and O–H groups in total. The minimum Gasteiger partial charge on any atom is -0.459 e. The lowest BCUT2D eigenvalue weighted by molar-refractivity contribution is -0.252. The SMILES string of the molecule is C=CCOC12Oc3ccc(OC(=O)NCc4ccccc4)cc3C3C(CCCCO)C(CCCCO)C=C(C(=NOCc4ccccc4)CC1N(C)C(=O)c1ccc(C#N)cc1)C32. The van der Waals surface area contributed by atoms with Crippen LogP contribution in [0, 0.1) is 29.1 Å². The zero-order valence-corrected chi connectivity index (χ0v) is 35.7. The number of ether oxygens (including phenoxy) is 3. The number of likely N-dealkylation sites (N-methyl/N-ethyl adjacent to an activating group) is 1. The number of aliphatic hydroxyl groups is 2. The van der Waals surface area contributed by atoms with Crippen LogP contribution in [0.15, 0.2) is 133 Å². The van der Waals surface area contributed by atoms with Gasteiger partial charge in [0.05, 0.1) is 29.9 Å². The van der Waals surface area contributed by atoms with Gasteiger partial charge in [-0.1, -0.05) is 90.8 Å². The van der Waals surface area contributed by atoms with E-state index in [1.165, 1.54) is 0 Å². The van der Waals surface area contributed by atoms with Crippen LogP contribution in [0.1, 0.15) is 83.5 Å². The van der Waals surface area contributed by atoms with Gasteiger partial charge >= 0.3 is 6.09 Å². The molecule has 1 saturated carbocycles. The van der Waals surface area contributed by atoms with Crippen molar-refractivity contribution in [2.24, 2.45) is 22.9 Å². The number of unbranched alkanes of at least 4 members (excludes halogenated alkanes) is 2. The molecule has 0 bridgehead atoms. The Bertz CT molecular complexity index is 2290. The van der Waals surface area contributed by atoms with Crippen molar-refractivity contribution in [1.29, 1.82) is 5.26 Å². The van der Waals surface area contributed by atoms with E-state index in [1.807, 2.05) is 66.7 Å². The molecule has 1 aliphatic heterocycles. The fourth-order valence-corrected chi connectivity index (χ4v) is 9.50. The molecule has 3 aliphatic rings. The number of amides is 2. The summed E-state index contributed by atoms with van der Waals surface area (Å²) in [5.74, 6) is -1.76. The Balaban J connectivity index is 1.37. The minimum atomic E-state index is -1.46. The van der Waals surface area contributed by atoms with E-state index in [1.54, 1.807) is 54.4 Å². The number of rotatable bonds is 19. The van der Waals surface area contributed by atoms with Crippen LogP contribution in [0.5, 0.6) is 11.5 Å². The Morgan fingerprint density at radius 2 is 1.65 bits per heavy atom. The molecule has 0 aromatic heterocycles. The van der Waals surface area contributed by atoms with Gasteiger partial charge in [0.1, 0.15) is 24.1 Å². The molecule has 2 aliphatic carbocycles. The number of nitriles is 1. The maximum atomic E-state index is 14.6. The van der Waals surface area contributed by atoms with Gasteiger partial charge in [0.25, 0.3) is 5.91 Å². The molecular weight excluding hydrogens is 797 g/mol. The molecule has 1 fully saturated rings. The maximum absolute atomic E-state index is 14.6. The van der Waals surface area contributed by atoms with E-state index in [0.29, 0.717) is 47.7 Å². The third-order valence-electron chi connectivity index (χ3n) is 12.4. The lowest BCUT2D eigenvalue weighted by Gasteiger charge is -2.59. The molecule has 4 aromatic carbocycles. The van der Waals surface area contributed by atoms with Crippen molar-refractivity contribution in [3.05, 3.63) is 155 Å². The monoisotopic (exact) mass is 852 g/mol. The Morgan fingerprint density at radius 1 is 0.952 bits per heavy atom. The number of fused-ring (bicyclic) bond motifs is 2. The normalized spacial score (nSPS) is 22.6. The molecule has 6 atom stereocenters. The van der Waals surface area contributed by atoms with Crippen LogP contribution >= 0.6 is 0 Å². The van der Waals surface area contributed by atoms with E-state index < -0.39 is 23.8 Å². The van der Waals surface area contributed by atoms with Gasteiger partial charge in [-0.15, -0.1) is 6.58 Å². The first-order valence-corrected chi connectivity index (χ1v) is 21.8. The molecule has 12 nitrogen and oxygen atoms in total. The van der Waals surface area contributed by atoms with Crippen molar-refractivity contribution < 1.29 is 38.9 Å². The molecule has 328 valence electrons. The second kappa shape index (κ2) is 21.2. The Kier molecular flexibility index (Phi) is 15.1. The number of hydrogen-bond acceptors (Lipinski definition) is 10. The number of benzene rings is 4. The van der Waals surface area contributed by atoms with Gasteiger partial charge in [0, 0.05) is 50.3 Å². The molecule has 6 unspecified atom stereocenters. The van der Waals surface area contributed by atoms with E-state index in [4.69, 9.17) is 24.2 Å². The lowest BCUT2D eigenvalue weighted by Crippen LogP contribution is -2.69. The van der Waals surface area contributed by atoms with Gasteiger partial charge < -0.3 is 39.5 Å². The second-order valence-corrected chi connectivity index (χ2v) is 16.4. The zero-order chi connectivity index (χ0) is 44.2. The maximum Gasteiger partial charge on any atom is 0.412 e. The second-order valence-electron chi connectivity index (χ2n) is 16.4. The smallest absolute Gasteiger partial charge is 0.412 e. The van der Waals surface area contributed by atoms with Gasteiger partial charge in [0.2, 0.25) is 5.79 Å². The van der Waals surface area contributed by atoms with Gasteiger partial charge in [-0.2, -0.15) is 5.26 Å². The molecule has 63 heavy (non-hydrogen) atoms. The molecule has 4 aromatic rings. The van der Waals surface area contributed by atoms with Crippen LogP contribution in [-0.2, 0) is 22.7 Å². The number of aliphatic hydroxyl groups excluding tert-OH is 2. The number of nitrogens with one attached hydrogen (secondary N) is 1. The fourth-order valence-electron chi connectivity index (χ4n) is 9.50. The molecule has 2 amide bonds. The summed E-state index contributed by atoms with van der Waals surface area (Å²) in [4.78, 5) is 35.7. The molecule has 7 rings (SSSR count). The first-order chi connectivity index (χ1) is 30.8. The van der Waals surface area contributed by atoms with Gasteiger partial charge in [-0.3, -0.25) is 4.79 Å². The molecule has 0 radical (unpaired) electrons. The standard InChI is InChI=1S/C51H56N4O8/c1-3-28-60-51-46(55(2)49(58)38-22-20-35(32-52)21-23-38)31-44(54-61-34-37-16-8-5-9-17-37)42-29-39(18-10-12-26-56)41(19-11-13-27-57)47(48(42)51)43-30-40(24-25-45(43)63-51)62-50(59)53-33-36-14-6-4-7-15-36/h3-9,14-17,20-25,29-30,39,41,46-48,56-57H,1,10-13,18-19,26-28,31,33-34H2,2H3,(H,53,59). The topological polar surface area (TPSA) is 163 Å². The first kappa shape index (κ1) is 44.8. The zero-order valence-electron chi connectivity index (χ0n) is 35.7. The Morgan fingerprint density at radius 3 is 2.33 bits per heavy atom. The van der Waals surface area contributed by atoms with E-state index >= 15 is 0 Å². The average Bonchev–Trinajstić information content (AvgIpc) is 3.31. The van der Waals surface area contributed by atoms with Crippen molar-refractivity contribution in [3.8, 4) is 17.6 Å². The van der Waals surface area contributed by atoms with Crippen LogP contribution in [0.25, 0.3) is 0 Å². The van der Waals surface area contributed by atoms with Crippen LogP contribution in [0.3, 0.4) is 0 Å². The summed E-state index contributed by atoms with van der Waals surface area (Å²) in [5, 5.41) is 37.1.